The topological polar surface area (TPSA) is 61.8 Å². The number of ether oxygens (including phenoxy) is 1. The summed E-state index contributed by atoms with van der Waals surface area (Å²) in [5.41, 5.74) is 2.67. The monoisotopic (exact) mass is 354 g/mol. The molecule has 2 aromatic carbocycles. The number of aromatic carboxylic acids is 1. The number of likely N-dealkylation sites (tertiary alicyclic amines) is 1. The van der Waals surface area contributed by atoms with E-state index in [9.17, 15) is 4.79 Å². The van der Waals surface area contributed by atoms with E-state index in [-0.39, 0.29) is 0 Å². The average molecular weight is 354 g/mol. The van der Waals surface area contributed by atoms with Crippen molar-refractivity contribution in [2.45, 2.75) is 25.4 Å². The number of carboxylic acid groups (broad SMARTS) is 1. The van der Waals surface area contributed by atoms with Crippen molar-refractivity contribution in [1.82, 2.24) is 10.2 Å². The molecule has 1 aliphatic rings. The fourth-order valence-corrected chi connectivity index (χ4v) is 3.48. The van der Waals surface area contributed by atoms with E-state index < -0.39 is 5.97 Å². The summed E-state index contributed by atoms with van der Waals surface area (Å²) in [6, 6.07) is 15.6. The standard InChI is InChI=1S/C21H26N2O3/c1-26-19-6-4-5-18(13-19)20(23-11-2-3-12-23)15-22-14-16-7-9-17(10-8-16)21(24)25/h4-10,13,20,22H,2-3,11-12,14-15H2,1H3,(H,24,25). The van der Waals surface area contributed by atoms with Crippen LogP contribution in [0.15, 0.2) is 48.5 Å². The number of nitrogens with one attached hydrogen (secondary N) is 1. The largest absolute Gasteiger partial charge is 0.497 e. The minimum absolute atomic E-state index is 0.311. The van der Waals surface area contributed by atoms with Crippen LogP contribution in [-0.4, -0.2) is 42.7 Å². The Kier molecular flexibility index (Phi) is 6.26. The number of carbonyl (C=O) groups is 1. The van der Waals surface area contributed by atoms with Crippen molar-refractivity contribution in [2.75, 3.05) is 26.7 Å². The van der Waals surface area contributed by atoms with Crippen LogP contribution in [0.5, 0.6) is 5.75 Å². The van der Waals surface area contributed by atoms with E-state index in [1.165, 1.54) is 18.4 Å². The molecule has 3 rings (SSSR count). The van der Waals surface area contributed by atoms with Gasteiger partial charge in [0, 0.05) is 19.1 Å². The highest BCUT2D eigenvalue weighted by Crippen LogP contribution is 2.27. The predicted octanol–water partition coefficient (Wildman–Crippen LogP) is 3.32. The molecule has 2 aromatic rings. The Labute approximate surface area is 154 Å². The summed E-state index contributed by atoms with van der Waals surface area (Å²) in [5.74, 6) is -0.00686. The molecule has 1 aliphatic heterocycles. The summed E-state index contributed by atoms with van der Waals surface area (Å²) in [4.78, 5) is 13.5. The Morgan fingerprint density at radius 3 is 2.58 bits per heavy atom. The van der Waals surface area contributed by atoms with Crippen molar-refractivity contribution < 1.29 is 14.6 Å². The van der Waals surface area contributed by atoms with Crippen LogP contribution < -0.4 is 10.1 Å². The molecule has 5 heteroatoms. The SMILES string of the molecule is COc1cccc(C(CNCc2ccc(C(=O)O)cc2)N2CCCC2)c1. The minimum Gasteiger partial charge on any atom is -0.497 e. The fraction of sp³-hybridized carbons (Fsp3) is 0.381. The molecule has 0 radical (unpaired) electrons. The fourth-order valence-electron chi connectivity index (χ4n) is 3.48. The number of methoxy groups -OCH3 is 1. The Morgan fingerprint density at radius 2 is 1.92 bits per heavy atom. The molecule has 2 N–H and O–H groups in total. The van der Waals surface area contributed by atoms with Gasteiger partial charge in [-0.1, -0.05) is 24.3 Å². The third kappa shape index (κ3) is 4.62. The molecule has 0 spiro atoms. The number of benzene rings is 2. The number of nitrogens with zero attached hydrogens (tertiary/aromatic N) is 1. The van der Waals surface area contributed by atoms with Gasteiger partial charge >= 0.3 is 5.97 Å². The Balaban J connectivity index is 1.65. The van der Waals surface area contributed by atoms with E-state index in [2.05, 4.69) is 22.3 Å². The lowest BCUT2D eigenvalue weighted by Gasteiger charge is -2.28. The van der Waals surface area contributed by atoms with E-state index in [0.717, 1.165) is 30.9 Å². The first-order valence-electron chi connectivity index (χ1n) is 9.08. The van der Waals surface area contributed by atoms with Crippen LogP contribution in [0.3, 0.4) is 0 Å². The zero-order valence-electron chi connectivity index (χ0n) is 15.1. The van der Waals surface area contributed by atoms with Crippen molar-refractivity contribution in [3.8, 4) is 5.75 Å². The third-order valence-electron chi connectivity index (χ3n) is 4.93. The maximum absolute atomic E-state index is 10.9. The normalized spacial score (nSPS) is 15.7. The molecule has 0 aliphatic carbocycles. The average Bonchev–Trinajstić information content (AvgIpc) is 3.20. The molecule has 1 unspecified atom stereocenters. The molecule has 1 heterocycles. The summed E-state index contributed by atoms with van der Waals surface area (Å²) in [6.45, 7) is 3.80. The highest BCUT2D eigenvalue weighted by molar-refractivity contribution is 5.87. The van der Waals surface area contributed by atoms with Gasteiger partial charge < -0.3 is 15.2 Å². The van der Waals surface area contributed by atoms with Crippen molar-refractivity contribution >= 4 is 5.97 Å². The summed E-state index contributed by atoms with van der Waals surface area (Å²) in [5, 5.41) is 12.5. The first kappa shape index (κ1) is 18.4. The summed E-state index contributed by atoms with van der Waals surface area (Å²) >= 11 is 0. The number of rotatable bonds is 8. The second-order valence-corrected chi connectivity index (χ2v) is 6.67. The molecular formula is C21H26N2O3. The maximum atomic E-state index is 10.9. The summed E-state index contributed by atoms with van der Waals surface area (Å²) in [6.07, 6.45) is 2.49. The van der Waals surface area contributed by atoms with E-state index in [1.807, 2.05) is 24.3 Å². The first-order chi connectivity index (χ1) is 12.7. The lowest BCUT2D eigenvalue weighted by Crippen LogP contribution is -2.34. The first-order valence-corrected chi connectivity index (χ1v) is 9.08. The highest BCUT2D eigenvalue weighted by atomic mass is 16.5. The van der Waals surface area contributed by atoms with Crippen LogP contribution in [0.4, 0.5) is 0 Å². The lowest BCUT2D eigenvalue weighted by molar-refractivity contribution is 0.0697. The molecular weight excluding hydrogens is 328 g/mol. The van der Waals surface area contributed by atoms with Gasteiger partial charge in [-0.05, 0) is 61.3 Å². The highest BCUT2D eigenvalue weighted by Gasteiger charge is 2.23. The molecule has 138 valence electrons. The van der Waals surface area contributed by atoms with E-state index >= 15 is 0 Å². The molecule has 0 saturated carbocycles. The molecule has 0 aromatic heterocycles. The van der Waals surface area contributed by atoms with Crippen LogP contribution >= 0.6 is 0 Å². The van der Waals surface area contributed by atoms with Crippen molar-refractivity contribution in [1.29, 1.82) is 0 Å². The van der Waals surface area contributed by atoms with Crippen molar-refractivity contribution in [2.24, 2.45) is 0 Å². The van der Waals surface area contributed by atoms with E-state index in [4.69, 9.17) is 9.84 Å². The summed E-state index contributed by atoms with van der Waals surface area (Å²) in [7, 11) is 1.70. The molecule has 26 heavy (non-hydrogen) atoms. The van der Waals surface area contributed by atoms with Crippen LogP contribution in [0.1, 0.15) is 40.4 Å². The molecule has 1 atom stereocenters. The third-order valence-corrected chi connectivity index (χ3v) is 4.93. The number of hydrogen-bond acceptors (Lipinski definition) is 4. The Bertz CT molecular complexity index is 724. The zero-order chi connectivity index (χ0) is 18.4. The molecule has 5 nitrogen and oxygen atoms in total. The van der Waals surface area contributed by atoms with Gasteiger partial charge in [0.1, 0.15) is 5.75 Å². The molecule has 0 bridgehead atoms. The second kappa shape index (κ2) is 8.83. The van der Waals surface area contributed by atoms with Gasteiger partial charge in [0.15, 0.2) is 0 Å². The quantitative estimate of drug-likeness (QED) is 0.761. The van der Waals surface area contributed by atoms with Gasteiger partial charge in [0.25, 0.3) is 0 Å². The van der Waals surface area contributed by atoms with Gasteiger partial charge in [0.2, 0.25) is 0 Å². The van der Waals surface area contributed by atoms with Crippen LogP contribution in [-0.2, 0) is 6.54 Å². The maximum Gasteiger partial charge on any atom is 0.335 e. The number of hydrogen-bond donors (Lipinski definition) is 2. The second-order valence-electron chi connectivity index (χ2n) is 6.67. The smallest absolute Gasteiger partial charge is 0.335 e. The molecule has 1 fully saturated rings. The van der Waals surface area contributed by atoms with Crippen molar-refractivity contribution in [3.05, 3.63) is 65.2 Å². The van der Waals surface area contributed by atoms with E-state index in [1.54, 1.807) is 19.2 Å². The Hall–Kier alpha value is -2.37. The van der Waals surface area contributed by atoms with Gasteiger partial charge in [-0.2, -0.15) is 0 Å². The van der Waals surface area contributed by atoms with Gasteiger partial charge in [-0.15, -0.1) is 0 Å². The predicted molar refractivity (Wildman–Crippen MR) is 102 cm³/mol. The van der Waals surface area contributed by atoms with Gasteiger partial charge in [-0.25, -0.2) is 4.79 Å². The lowest BCUT2D eigenvalue weighted by atomic mass is 10.0. The molecule has 1 saturated heterocycles. The minimum atomic E-state index is -0.892. The molecule has 0 amide bonds. The van der Waals surface area contributed by atoms with Gasteiger partial charge in [0.05, 0.1) is 12.7 Å². The number of carboxylic acids is 1. The Morgan fingerprint density at radius 1 is 1.19 bits per heavy atom. The zero-order valence-corrected chi connectivity index (χ0v) is 15.1. The van der Waals surface area contributed by atoms with E-state index in [0.29, 0.717) is 18.2 Å². The van der Waals surface area contributed by atoms with Crippen LogP contribution in [0.25, 0.3) is 0 Å². The van der Waals surface area contributed by atoms with Gasteiger partial charge in [-0.3, -0.25) is 4.90 Å². The summed E-state index contributed by atoms with van der Waals surface area (Å²) < 4.78 is 5.39. The van der Waals surface area contributed by atoms with Crippen molar-refractivity contribution in [3.63, 3.8) is 0 Å². The van der Waals surface area contributed by atoms with Crippen LogP contribution in [0, 0.1) is 0 Å². The van der Waals surface area contributed by atoms with Crippen LogP contribution in [0.2, 0.25) is 0 Å².